The Bertz CT molecular complexity index is 301. The molecule has 0 unspecified atom stereocenters. The fraction of sp³-hybridized carbons (Fsp3) is 0.375. The lowest BCUT2D eigenvalue weighted by Gasteiger charge is -2.06. The minimum atomic E-state index is 0.159. The summed E-state index contributed by atoms with van der Waals surface area (Å²) in [6, 6.07) is 1.62. The van der Waals surface area contributed by atoms with Crippen molar-refractivity contribution in [3.8, 4) is 0 Å². The van der Waals surface area contributed by atoms with Gasteiger partial charge in [0.25, 0.3) is 0 Å². The molecule has 0 saturated carbocycles. The molecule has 3 nitrogen and oxygen atoms in total. The number of fused-ring (bicyclic) bond motifs is 1. The third-order valence-electron chi connectivity index (χ3n) is 1.94. The number of hydrogen-bond donors (Lipinski definition) is 1. The standard InChI is InChI=1S/C8H9NO2/c9-8-4-5-6(10)2-1-3-7(5)11-8/h4H,1-3,9H2. The van der Waals surface area contributed by atoms with Gasteiger partial charge in [-0.1, -0.05) is 0 Å². The SMILES string of the molecule is Nc1cc2c(o1)CCCC2=O. The first-order valence-corrected chi connectivity index (χ1v) is 3.69. The predicted molar refractivity (Wildman–Crippen MR) is 40.4 cm³/mol. The zero-order valence-corrected chi connectivity index (χ0v) is 6.09. The third-order valence-corrected chi connectivity index (χ3v) is 1.94. The molecule has 0 spiro atoms. The maximum absolute atomic E-state index is 11.2. The van der Waals surface area contributed by atoms with E-state index in [0.29, 0.717) is 17.9 Å². The van der Waals surface area contributed by atoms with E-state index in [1.807, 2.05) is 0 Å². The van der Waals surface area contributed by atoms with Crippen molar-refractivity contribution in [2.75, 3.05) is 5.73 Å². The summed E-state index contributed by atoms with van der Waals surface area (Å²) in [5.74, 6) is 1.27. The van der Waals surface area contributed by atoms with E-state index >= 15 is 0 Å². The van der Waals surface area contributed by atoms with Gasteiger partial charge in [0.2, 0.25) is 0 Å². The van der Waals surface area contributed by atoms with Crippen LogP contribution in [0.3, 0.4) is 0 Å². The van der Waals surface area contributed by atoms with Crippen LogP contribution < -0.4 is 5.73 Å². The number of rotatable bonds is 0. The molecule has 1 aliphatic carbocycles. The molecule has 2 N–H and O–H groups in total. The lowest BCUT2D eigenvalue weighted by Crippen LogP contribution is -2.07. The van der Waals surface area contributed by atoms with Crippen molar-refractivity contribution in [2.24, 2.45) is 0 Å². The number of Topliss-reactive ketones (excluding diaryl/α,β-unsaturated/α-hetero) is 1. The Hall–Kier alpha value is -1.25. The summed E-state index contributed by atoms with van der Waals surface area (Å²) < 4.78 is 5.13. The van der Waals surface area contributed by atoms with Crippen molar-refractivity contribution >= 4 is 11.7 Å². The summed E-state index contributed by atoms with van der Waals surface area (Å²) in [5.41, 5.74) is 6.09. The Morgan fingerprint density at radius 3 is 3.00 bits per heavy atom. The van der Waals surface area contributed by atoms with E-state index in [-0.39, 0.29) is 5.78 Å². The summed E-state index contributed by atoms with van der Waals surface area (Å²) >= 11 is 0. The van der Waals surface area contributed by atoms with E-state index < -0.39 is 0 Å². The molecule has 0 aliphatic heterocycles. The second-order valence-corrected chi connectivity index (χ2v) is 2.76. The highest BCUT2D eigenvalue weighted by atomic mass is 16.4. The van der Waals surface area contributed by atoms with Crippen LogP contribution in [-0.2, 0) is 6.42 Å². The number of ketones is 1. The van der Waals surface area contributed by atoms with Crippen LogP contribution in [-0.4, -0.2) is 5.78 Å². The maximum atomic E-state index is 11.2. The van der Waals surface area contributed by atoms with Crippen molar-refractivity contribution in [3.63, 3.8) is 0 Å². The number of anilines is 1. The Kier molecular flexibility index (Phi) is 1.24. The van der Waals surface area contributed by atoms with Crippen LogP contribution in [0.25, 0.3) is 0 Å². The molecule has 0 amide bonds. The number of nitrogens with two attached hydrogens (primary N) is 1. The van der Waals surface area contributed by atoms with Crippen LogP contribution >= 0.6 is 0 Å². The predicted octanol–water partition coefficient (Wildman–Crippen LogP) is 1.38. The molecule has 1 aromatic heterocycles. The highest BCUT2D eigenvalue weighted by molar-refractivity contribution is 5.98. The Labute approximate surface area is 64.2 Å². The van der Waals surface area contributed by atoms with Gasteiger partial charge in [0.15, 0.2) is 11.7 Å². The van der Waals surface area contributed by atoms with Crippen LogP contribution in [0, 0.1) is 0 Å². The van der Waals surface area contributed by atoms with E-state index in [0.717, 1.165) is 18.6 Å². The molecule has 0 aromatic carbocycles. The topological polar surface area (TPSA) is 56.2 Å². The van der Waals surface area contributed by atoms with Crippen molar-refractivity contribution in [1.29, 1.82) is 0 Å². The number of furan rings is 1. The van der Waals surface area contributed by atoms with Crippen LogP contribution in [0.5, 0.6) is 0 Å². The van der Waals surface area contributed by atoms with Crippen molar-refractivity contribution in [2.45, 2.75) is 19.3 Å². The number of nitrogen functional groups attached to an aromatic ring is 1. The van der Waals surface area contributed by atoms with Gasteiger partial charge in [-0.15, -0.1) is 0 Å². The zero-order valence-electron chi connectivity index (χ0n) is 6.09. The van der Waals surface area contributed by atoms with Gasteiger partial charge in [0, 0.05) is 18.9 Å². The summed E-state index contributed by atoms with van der Waals surface area (Å²) in [4.78, 5) is 11.2. The van der Waals surface area contributed by atoms with E-state index in [4.69, 9.17) is 10.2 Å². The van der Waals surface area contributed by atoms with Gasteiger partial charge in [-0.2, -0.15) is 0 Å². The first kappa shape index (κ1) is 6.46. The highest BCUT2D eigenvalue weighted by Crippen LogP contribution is 2.25. The summed E-state index contributed by atoms with van der Waals surface area (Å²) in [6.07, 6.45) is 2.36. The summed E-state index contributed by atoms with van der Waals surface area (Å²) in [6.45, 7) is 0. The van der Waals surface area contributed by atoms with Crippen LogP contribution in [0.1, 0.15) is 29.0 Å². The van der Waals surface area contributed by atoms with Crippen LogP contribution in [0.4, 0.5) is 5.88 Å². The second kappa shape index (κ2) is 2.12. The molecular formula is C8H9NO2. The number of hydrogen-bond acceptors (Lipinski definition) is 3. The Morgan fingerprint density at radius 1 is 1.45 bits per heavy atom. The first-order valence-electron chi connectivity index (χ1n) is 3.69. The van der Waals surface area contributed by atoms with Gasteiger partial charge in [-0.3, -0.25) is 4.79 Å². The molecule has 1 heterocycles. The normalized spacial score (nSPS) is 16.5. The van der Waals surface area contributed by atoms with E-state index in [2.05, 4.69) is 0 Å². The van der Waals surface area contributed by atoms with Crippen LogP contribution in [0.15, 0.2) is 10.5 Å². The third kappa shape index (κ3) is 0.926. The fourth-order valence-electron chi connectivity index (χ4n) is 1.42. The minimum absolute atomic E-state index is 0.159. The molecule has 0 bridgehead atoms. The van der Waals surface area contributed by atoms with E-state index in [9.17, 15) is 4.79 Å². The molecule has 0 atom stereocenters. The van der Waals surface area contributed by atoms with Crippen molar-refractivity contribution < 1.29 is 9.21 Å². The minimum Gasteiger partial charge on any atom is -0.445 e. The molecule has 2 rings (SSSR count). The largest absolute Gasteiger partial charge is 0.445 e. The fourth-order valence-corrected chi connectivity index (χ4v) is 1.42. The molecule has 0 radical (unpaired) electrons. The second-order valence-electron chi connectivity index (χ2n) is 2.76. The van der Waals surface area contributed by atoms with Crippen molar-refractivity contribution in [3.05, 3.63) is 17.4 Å². The molecular weight excluding hydrogens is 142 g/mol. The average molecular weight is 151 g/mol. The lowest BCUT2D eigenvalue weighted by molar-refractivity contribution is 0.0969. The number of carbonyl (C=O) groups excluding carboxylic acids is 1. The van der Waals surface area contributed by atoms with Gasteiger partial charge in [-0.05, 0) is 6.42 Å². The molecule has 1 aromatic rings. The molecule has 58 valence electrons. The van der Waals surface area contributed by atoms with Gasteiger partial charge < -0.3 is 10.2 Å². The molecule has 1 aliphatic rings. The van der Waals surface area contributed by atoms with Gasteiger partial charge in [0.1, 0.15) is 5.76 Å². The molecule has 3 heteroatoms. The monoisotopic (exact) mass is 151 g/mol. The van der Waals surface area contributed by atoms with E-state index in [1.54, 1.807) is 6.07 Å². The first-order chi connectivity index (χ1) is 5.27. The number of aryl methyl sites for hydroxylation is 1. The van der Waals surface area contributed by atoms with Crippen molar-refractivity contribution in [1.82, 2.24) is 0 Å². The highest BCUT2D eigenvalue weighted by Gasteiger charge is 2.20. The molecule has 0 fully saturated rings. The summed E-state index contributed by atoms with van der Waals surface area (Å²) in [5, 5.41) is 0. The maximum Gasteiger partial charge on any atom is 0.191 e. The van der Waals surface area contributed by atoms with E-state index in [1.165, 1.54) is 0 Å². The number of carbonyl (C=O) groups is 1. The Morgan fingerprint density at radius 2 is 2.27 bits per heavy atom. The Balaban J connectivity index is 2.52. The van der Waals surface area contributed by atoms with Gasteiger partial charge >= 0.3 is 0 Å². The van der Waals surface area contributed by atoms with Gasteiger partial charge in [-0.25, -0.2) is 0 Å². The zero-order chi connectivity index (χ0) is 7.84. The quantitative estimate of drug-likeness (QED) is 0.609. The smallest absolute Gasteiger partial charge is 0.191 e. The van der Waals surface area contributed by atoms with Crippen LogP contribution in [0.2, 0.25) is 0 Å². The average Bonchev–Trinajstić information content (AvgIpc) is 2.31. The molecule has 0 saturated heterocycles. The molecule has 11 heavy (non-hydrogen) atoms. The van der Waals surface area contributed by atoms with Gasteiger partial charge in [0.05, 0.1) is 5.56 Å². The lowest BCUT2D eigenvalue weighted by atomic mass is 9.97. The summed E-state index contributed by atoms with van der Waals surface area (Å²) in [7, 11) is 0.